The van der Waals surface area contributed by atoms with Crippen molar-refractivity contribution in [2.45, 2.75) is 32.9 Å². The zero-order valence-corrected chi connectivity index (χ0v) is 13.1. The second-order valence-corrected chi connectivity index (χ2v) is 5.25. The van der Waals surface area contributed by atoms with Crippen LogP contribution in [-0.2, 0) is 27.5 Å². The minimum Gasteiger partial charge on any atom is -0.345 e. The first-order valence-electron chi connectivity index (χ1n) is 7.52. The summed E-state index contributed by atoms with van der Waals surface area (Å²) in [5, 5.41) is 10.5. The second-order valence-electron chi connectivity index (χ2n) is 5.25. The van der Waals surface area contributed by atoms with Crippen LogP contribution in [0, 0.1) is 0 Å². The average molecular weight is 332 g/mol. The van der Waals surface area contributed by atoms with Crippen molar-refractivity contribution in [3.05, 3.63) is 18.3 Å². The van der Waals surface area contributed by atoms with Gasteiger partial charge in [-0.15, -0.1) is 0 Å². The van der Waals surface area contributed by atoms with Gasteiger partial charge in [0.05, 0.1) is 18.3 Å². The Hall–Kier alpha value is -3.04. The summed E-state index contributed by atoms with van der Waals surface area (Å²) < 4.78 is 6.80. The van der Waals surface area contributed by atoms with Crippen molar-refractivity contribution in [3.63, 3.8) is 0 Å². The first-order chi connectivity index (χ1) is 11.6. The minimum absolute atomic E-state index is 0.0178. The van der Waals surface area contributed by atoms with Gasteiger partial charge in [-0.3, -0.25) is 24.0 Å². The molecule has 1 N–H and O–H groups in total. The lowest BCUT2D eigenvalue weighted by molar-refractivity contribution is -0.142. The van der Waals surface area contributed by atoms with E-state index in [1.165, 1.54) is 0 Å². The largest absolute Gasteiger partial charge is 0.345 e. The maximum atomic E-state index is 11.8. The highest BCUT2D eigenvalue weighted by Crippen LogP contribution is 2.14. The van der Waals surface area contributed by atoms with Gasteiger partial charge in [0.25, 0.3) is 0 Å². The fraction of sp³-hybridized carbons (Fsp3) is 0.429. The Morgan fingerprint density at radius 2 is 2.08 bits per heavy atom. The molecule has 3 amide bonds. The lowest BCUT2D eigenvalue weighted by Gasteiger charge is -2.12. The average Bonchev–Trinajstić information content (AvgIpc) is 3.29. The third kappa shape index (κ3) is 3.31. The van der Waals surface area contributed by atoms with Crippen LogP contribution in [0.4, 0.5) is 0 Å². The first kappa shape index (κ1) is 15.8. The number of rotatable bonds is 6. The van der Waals surface area contributed by atoms with Crippen LogP contribution in [0.3, 0.4) is 0 Å². The van der Waals surface area contributed by atoms with Crippen molar-refractivity contribution in [3.8, 4) is 11.4 Å². The summed E-state index contributed by atoms with van der Waals surface area (Å²) in [5.41, 5.74) is 0.714. The van der Waals surface area contributed by atoms with Gasteiger partial charge in [-0.1, -0.05) is 5.16 Å². The molecule has 0 aromatic carbocycles. The van der Waals surface area contributed by atoms with Crippen molar-refractivity contribution in [2.75, 3.05) is 6.54 Å². The maximum Gasteiger partial charge on any atom is 0.246 e. The molecule has 2 aromatic rings. The van der Waals surface area contributed by atoms with E-state index < -0.39 is 5.91 Å². The molecule has 10 heteroatoms. The molecule has 1 aliphatic heterocycles. The molecule has 0 bridgehead atoms. The molecule has 24 heavy (non-hydrogen) atoms. The fourth-order valence-corrected chi connectivity index (χ4v) is 2.27. The molecule has 0 radical (unpaired) electrons. The van der Waals surface area contributed by atoms with Crippen molar-refractivity contribution in [2.24, 2.45) is 0 Å². The van der Waals surface area contributed by atoms with Crippen LogP contribution in [0.15, 0.2) is 16.9 Å². The molecule has 1 fully saturated rings. The lowest BCUT2D eigenvalue weighted by atomic mass is 10.3. The van der Waals surface area contributed by atoms with Crippen molar-refractivity contribution in [1.82, 2.24) is 30.1 Å². The van der Waals surface area contributed by atoms with Gasteiger partial charge in [0.15, 0.2) is 0 Å². The summed E-state index contributed by atoms with van der Waals surface area (Å²) in [4.78, 5) is 39.9. The topological polar surface area (TPSA) is 123 Å². The molecule has 126 valence electrons. The fourth-order valence-electron chi connectivity index (χ4n) is 2.27. The number of hydrogen-bond acceptors (Lipinski definition) is 7. The summed E-state index contributed by atoms with van der Waals surface area (Å²) in [6.45, 7) is 2.42. The van der Waals surface area contributed by atoms with Crippen LogP contribution in [0.25, 0.3) is 11.4 Å². The van der Waals surface area contributed by atoms with E-state index in [2.05, 4.69) is 20.6 Å². The van der Waals surface area contributed by atoms with E-state index in [0.29, 0.717) is 11.4 Å². The van der Waals surface area contributed by atoms with Gasteiger partial charge >= 0.3 is 0 Å². The maximum absolute atomic E-state index is 11.8. The Bertz CT molecular complexity index is 764. The highest BCUT2D eigenvalue weighted by molar-refractivity contribution is 6.04. The Kier molecular flexibility index (Phi) is 4.36. The smallest absolute Gasteiger partial charge is 0.246 e. The molecular weight excluding hydrogens is 316 g/mol. The van der Waals surface area contributed by atoms with Crippen molar-refractivity contribution in [1.29, 1.82) is 0 Å². The number of amides is 3. The van der Waals surface area contributed by atoms with E-state index >= 15 is 0 Å². The SMILES string of the molecule is CCn1cc(-c2noc(CNC(=O)CN3C(=O)CCC3=O)n2)cn1. The molecule has 0 unspecified atom stereocenters. The van der Waals surface area contributed by atoms with Gasteiger partial charge in [-0.2, -0.15) is 10.1 Å². The minimum atomic E-state index is -0.461. The van der Waals surface area contributed by atoms with E-state index in [1.807, 2.05) is 6.92 Å². The zero-order valence-electron chi connectivity index (χ0n) is 13.1. The highest BCUT2D eigenvalue weighted by atomic mass is 16.5. The van der Waals surface area contributed by atoms with Crippen LogP contribution in [0.2, 0.25) is 0 Å². The van der Waals surface area contributed by atoms with Gasteiger partial charge in [0.1, 0.15) is 6.54 Å². The number of likely N-dealkylation sites (tertiary alicyclic amines) is 1. The molecule has 3 rings (SSSR count). The number of carbonyl (C=O) groups excluding carboxylic acids is 3. The Morgan fingerprint density at radius 1 is 1.33 bits per heavy atom. The Balaban J connectivity index is 1.54. The van der Waals surface area contributed by atoms with Crippen LogP contribution >= 0.6 is 0 Å². The second kappa shape index (κ2) is 6.60. The third-order valence-electron chi connectivity index (χ3n) is 3.58. The number of carbonyl (C=O) groups is 3. The van der Waals surface area contributed by atoms with E-state index in [1.54, 1.807) is 17.1 Å². The van der Waals surface area contributed by atoms with Gasteiger partial charge in [-0.05, 0) is 6.92 Å². The summed E-state index contributed by atoms with van der Waals surface area (Å²) in [6, 6.07) is 0. The van der Waals surface area contributed by atoms with E-state index in [4.69, 9.17) is 4.52 Å². The molecule has 10 nitrogen and oxygen atoms in total. The Morgan fingerprint density at radius 3 is 2.75 bits per heavy atom. The highest BCUT2D eigenvalue weighted by Gasteiger charge is 2.30. The van der Waals surface area contributed by atoms with Gasteiger partial charge in [0, 0.05) is 25.6 Å². The number of nitrogens with one attached hydrogen (secondary N) is 1. The standard InChI is InChI=1S/C14H16N6O4/c1-2-19-7-9(5-16-19)14-17-11(24-18-14)6-15-10(21)8-20-12(22)3-4-13(20)23/h5,7H,2-4,6,8H2,1H3,(H,15,21). The third-order valence-corrected chi connectivity index (χ3v) is 3.58. The molecular formula is C14H16N6O4. The summed E-state index contributed by atoms with van der Waals surface area (Å²) in [5.74, 6) is -0.519. The molecule has 1 saturated heterocycles. The van der Waals surface area contributed by atoms with E-state index in [9.17, 15) is 14.4 Å². The Labute approximate surface area is 136 Å². The molecule has 0 spiro atoms. The summed E-state index contributed by atoms with van der Waals surface area (Å²) >= 11 is 0. The molecule has 3 heterocycles. The molecule has 1 aliphatic rings. The number of hydrogen-bond donors (Lipinski definition) is 1. The van der Waals surface area contributed by atoms with Crippen LogP contribution < -0.4 is 5.32 Å². The quantitative estimate of drug-likeness (QED) is 0.721. The summed E-state index contributed by atoms with van der Waals surface area (Å²) in [6.07, 6.45) is 3.73. The van der Waals surface area contributed by atoms with Crippen LogP contribution in [0.1, 0.15) is 25.7 Å². The predicted octanol–water partition coefficient (Wildman–Crippen LogP) is -0.282. The normalized spacial score (nSPS) is 14.5. The van der Waals surface area contributed by atoms with Crippen molar-refractivity contribution < 1.29 is 18.9 Å². The number of aryl methyl sites for hydroxylation is 1. The van der Waals surface area contributed by atoms with E-state index in [0.717, 1.165) is 11.4 Å². The molecule has 2 aromatic heterocycles. The lowest BCUT2D eigenvalue weighted by Crippen LogP contribution is -2.39. The number of aromatic nitrogens is 4. The monoisotopic (exact) mass is 332 g/mol. The summed E-state index contributed by atoms with van der Waals surface area (Å²) in [7, 11) is 0. The van der Waals surface area contributed by atoms with Crippen LogP contribution in [0.5, 0.6) is 0 Å². The molecule has 0 saturated carbocycles. The van der Waals surface area contributed by atoms with Gasteiger partial charge in [0.2, 0.25) is 29.4 Å². The number of imide groups is 1. The first-order valence-corrected chi connectivity index (χ1v) is 7.52. The van der Waals surface area contributed by atoms with Gasteiger partial charge in [-0.25, -0.2) is 0 Å². The molecule has 0 atom stereocenters. The zero-order chi connectivity index (χ0) is 17.1. The van der Waals surface area contributed by atoms with Gasteiger partial charge < -0.3 is 9.84 Å². The number of nitrogens with zero attached hydrogens (tertiary/aromatic N) is 5. The van der Waals surface area contributed by atoms with Crippen LogP contribution in [-0.4, -0.2) is 49.1 Å². The predicted molar refractivity (Wildman–Crippen MR) is 79.0 cm³/mol. The van der Waals surface area contributed by atoms with E-state index in [-0.39, 0.29) is 43.6 Å². The molecule has 0 aliphatic carbocycles. The van der Waals surface area contributed by atoms with Crippen molar-refractivity contribution >= 4 is 17.7 Å².